The van der Waals surface area contributed by atoms with Crippen molar-refractivity contribution in [3.8, 4) is 0 Å². The molecule has 1 unspecified atom stereocenters. The van der Waals surface area contributed by atoms with E-state index in [-0.39, 0.29) is 0 Å². The molecule has 0 aliphatic heterocycles. The number of carbonyl (C=O) groups excluding carboxylic acids is 1. The Morgan fingerprint density at radius 2 is 2.17 bits per heavy atom. The van der Waals surface area contributed by atoms with Crippen molar-refractivity contribution in [1.29, 1.82) is 0 Å². The molecule has 0 radical (unpaired) electrons. The number of hydrogen-bond donors (Lipinski definition) is 2. The molecule has 12 heavy (non-hydrogen) atoms. The van der Waals surface area contributed by atoms with Crippen LogP contribution in [0.15, 0.2) is 0 Å². The topological polar surface area (TPSA) is 58.4 Å². The molecule has 0 spiro atoms. The van der Waals surface area contributed by atoms with Crippen molar-refractivity contribution in [2.75, 3.05) is 20.6 Å². The summed E-state index contributed by atoms with van der Waals surface area (Å²) < 4.78 is 0. The van der Waals surface area contributed by atoms with Crippen LogP contribution in [-0.4, -0.2) is 37.6 Å². The van der Waals surface area contributed by atoms with E-state index in [4.69, 9.17) is 5.73 Å². The molecule has 0 saturated heterocycles. The number of primary amides is 1. The monoisotopic (exact) mass is 173 g/mol. The Hall–Kier alpha value is -0.770. The Kier molecular flexibility index (Phi) is 5.45. The largest absolute Gasteiger partial charge is 0.352 e. The van der Waals surface area contributed by atoms with E-state index in [0.717, 1.165) is 12.8 Å². The smallest absolute Gasteiger partial charge is 0.312 e. The maximum Gasteiger partial charge on any atom is 0.312 e. The molecule has 4 nitrogen and oxygen atoms in total. The van der Waals surface area contributed by atoms with Crippen LogP contribution < -0.4 is 11.1 Å². The number of rotatable bonds is 5. The van der Waals surface area contributed by atoms with Gasteiger partial charge in [0.05, 0.1) is 0 Å². The maximum absolute atomic E-state index is 10.3. The van der Waals surface area contributed by atoms with E-state index in [1.54, 1.807) is 0 Å². The molecule has 4 heteroatoms. The zero-order valence-corrected chi connectivity index (χ0v) is 8.13. The normalized spacial score (nSPS) is 13.0. The van der Waals surface area contributed by atoms with Gasteiger partial charge in [0.25, 0.3) is 0 Å². The second-order valence-electron chi connectivity index (χ2n) is 3.11. The molecule has 2 amide bonds. The molecule has 0 aliphatic carbocycles. The van der Waals surface area contributed by atoms with Crippen molar-refractivity contribution in [1.82, 2.24) is 10.2 Å². The summed E-state index contributed by atoms with van der Waals surface area (Å²) in [6.07, 6.45) is 2.04. The van der Waals surface area contributed by atoms with E-state index in [2.05, 4.69) is 17.1 Å². The highest BCUT2D eigenvalue weighted by atomic mass is 16.2. The molecule has 0 fully saturated rings. The van der Waals surface area contributed by atoms with Crippen LogP contribution in [0.25, 0.3) is 0 Å². The van der Waals surface area contributed by atoms with Crippen molar-refractivity contribution >= 4 is 6.03 Å². The molecule has 0 saturated carbocycles. The first-order chi connectivity index (χ1) is 5.57. The summed E-state index contributed by atoms with van der Waals surface area (Å²) >= 11 is 0. The van der Waals surface area contributed by atoms with E-state index < -0.39 is 6.03 Å². The molecule has 0 bridgehead atoms. The quantitative estimate of drug-likeness (QED) is 0.631. The fourth-order valence-corrected chi connectivity index (χ4v) is 1.19. The SMILES string of the molecule is CCC(CCNC(N)=O)N(C)C. The minimum absolute atomic E-state index is 0.441. The fraction of sp³-hybridized carbons (Fsp3) is 0.875. The Morgan fingerprint density at radius 1 is 1.58 bits per heavy atom. The van der Waals surface area contributed by atoms with Crippen LogP contribution in [0, 0.1) is 0 Å². The predicted octanol–water partition coefficient (Wildman–Crippen LogP) is 0.385. The molecule has 0 aromatic rings. The van der Waals surface area contributed by atoms with Gasteiger partial charge in [-0.25, -0.2) is 4.79 Å². The minimum Gasteiger partial charge on any atom is -0.352 e. The van der Waals surface area contributed by atoms with Crippen molar-refractivity contribution in [2.24, 2.45) is 5.73 Å². The summed E-state index contributed by atoms with van der Waals surface area (Å²) in [5.41, 5.74) is 4.93. The number of nitrogens with zero attached hydrogens (tertiary/aromatic N) is 1. The van der Waals surface area contributed by atoms with Gasteiger partial charge in [-0.15, -0.1) is 0 Å². The Bertz CT molecular complexity index is 136. The molecule has 72 valence electrons. The van der Waals surface area contributed by atoms with Gasteiger partial charge in [-0.05, 0) is 26.9 Å². The highest BCUT2D eigenvalue weighted by Crippen LogP contribution is 2.02. The van der Waals surface area contributed by atoms with Gasteiger partial charge in [0.15, 0.2) is 0 Å². The minimum atomic E-state index is -0.441. The van der Waals surface area contributed by atoms with Crippen LogP contribution in [0.3, 0.4) is 0 Å². The van der Waals surface area contributed by atoms with Gasteiger partial charge in [-0.2, -0.15) is 0 Å². The summed E-state index contributed by atoms with van der Waals surface area (Å²) in [5.74, 6) is 0. The Labute approximate surface area is 74.1 Å². The summed E-state index contributed by atoms with van der Waals surface area (Å²) in [6, 6.07) is 0.0838. The van der Waals surface area contributed by atoms with Gasteiger partial charge >= 0.3 is 6.03 Å². The third kappa shape index (κ3) is 4.96. The molecular formula is C8H19N3O. The first-order valence-corrected chi connectivity index (χ1v) is 4.27. The third-order valence-corrected chi connectivity index (χ3v) is 1.98. The second-order valence-corrected chi connectivity index (χ2v) is 3.11. The van der Waals surface area contributed by atoms with Crippen LogP contribution in [-0.2, 0) is 0 Å². The van der Waals surface area contributed by atoms with E-state index >= 15 is 0 Å². The van der Waals surface area contributed by atoms with Gasteiger partial charge in [0.1, 0.15) is 0 Å². The average Bonchev–Trinajstić information content (AvgIpc) is 1.96. The van der Waals surface area contributed by atoms with Crippen molar-refractivity contribution in [2.45, 2.75) is 25.8 Å². The number of nitrogens with one attached hydrogen (secondary N) is 1. The molecule has 0 heterocycles. The third-order valence-electron chi connectivity index (χ3n) is 1.98. The van der Waals surface area contributed by atoms with E-state index in [1.165, 1.54) is 0 Å². The van der Waals surface area contributed by atoms with Crippen LogP contribution in [0.1, 0.15) is 19.8 Å². The van der Waals surface area contributed by atoms with Gasteiger partial charge in [-0.1, -0.05) is 6.92 Å². The van der Waals surface area contributed by atoms with Crippen molar-refractivity contribution in [3.05, 3.63) is 0 Å². The molecular weight excluding hydrogens is 154 g/mol. The van der Waals surface area contributed by atoms with Crippen LogP contribution in [0.4, 0.5) is 4.79 Å². The zero-order chi connectivity index (χ0) is 9.56. The lowest BCUT2D eigenvalue weighted by molar-refractivity contribution is 0.243. The van der Waals surface area contributed by atoms with Crippen LogP contribution >= 0.6 is 0 Å². The molecule has 3 N–H and O–H groups in total. The molecule has 0 aromatic carbocycles. The lowest BCUT2D eigenvalue weighted by Crippen LogP contribution is -2.35. The summed E-state index contributed by atoms with van der Waals surface area (Å²) in [6.45, 7) is 2.79. The molecule has 0 aromatic heterocycles. The summed E-state index contributed by atoms with van der Waals surface area (Å²) in [7, 11) is 4.08. The highest BCUT2D eigenvalue weighted by Gasteiger charge is 2.07. The maximum atomic E-state index is 10.3. The lowest BCUT2D eigenvalue weighted by atomic mass is 10.1. The fourth-order valence-electron chi connectivity index (χ4n) is 1.19. The number of nitrogens with two attached hydrogens (primary N) is 1. The van der Waals surface area contributed by atoms with Gasteiger partial charge in [-0.3, -0.25) is 0 Å². The van der Waals surface area contributed by atoms with Gasteiger partial charge in [0.2, 0.25) is 0 Å². The first kappa shape index (κ1) is 11.2. The summed E-state index contributed by atoms with van der Waals surface area (Å²) in [4.78, 5) is 12.5. The molecule has 0 aliphatic rings. The van der Waals surface area contributed by atoms with Crippen LogP contribution in [0.2, 0.25) is 0 Å². The summed E-state index contributed by atoms with van der Waals surface area (Å²) in [5, 5.41) is 2.58. The molecule has 1 atom stereocenters. The highest BCUT2D eigenvalue weighted by molar-refractivity contribution is 5.71. The van der Waals surface area contributed by atoms with E-state index in [0.29, 0.717) is 12.6 Å². The molecule has 0 rings (SSSR count). The zero-order valence-electron chi connectivity index (χ0n) is 8.13. The number of carbonyl (C=O) groups is 1. The predicted molar refractivity (Wildman–Crippen MR) is 50.0 cm³/mol. The number of hydrogen-bond acceptors (Lipinski definition) is 2. The van der Waals surface area contributed by atoms with E-state index in [9.17, 15) is 4.79 Å². The Morgan fingerprint density at radius 3 is 2.50 bits per heavy atom. The van der Waals surface area contributed by atoms with E-state index in [1.807, 2.05) is 14.1 Å². The number of amides is 2. The standard InChI is InChI=1S/C8H19N3O/c1-4-7(11(2)3)5-6-10-8(9)12/h7H,4-6H2,1-3H3,(H3,9,10,12). The Balaban J connectivity index is 3.51. The van der Waals surface area contributed by atoms with Crippen LogP contribution in [0.5, 0.6) is 0 Å². The average molecular weight is 173 g/mol. The van der Waals surface area contributed by atoms with Crippen molar-refractivity contribution < 1.29 is 4.79 Å². The number of urea groups is 1. The van der Waals surface area contributed by atoms with Gasteiger partial charge in [0, 0.05) is 12.6 Å². The van der Waals surface area contributed by atoms with Gasteiger partial charge < -0.3 is 16.0 Å². The lowest BCUT2D eigenvalue weighted by Gasteiger charge is -2.22. The van der Waals surface area contributed by atoms with Crippen molar-refractivity contribution in [3.63, 3.8) is 0 Å². The first-order valence-electron chi connectivity index (χ1n) is 4.27. The second kappa shape index (κ2) is 5.83.